The Morgan fingerprint density at radius 2 is 1.92 bits per heavy atom. The third-order valence-electron chi connectivity index (χ3n) is 6.73. The monoisotopic (exact) mass is 532 g/mol. The number of benzene rings is 2. The second kappa shape index (κ2) is 10.7. The van der Waals surface area contributed by atoms with Crippen molar-refractivity contribution in [2.45, 2.75) is 19.0 Å². The van der Waals surface area contributed by atoms with Gasteiger partial charge in [-0.25, -0.2) is 13.9 Å². The van der Waals surface area contributed by atoms with Gasteiger partial charge in [-0.15, -0.1) is 0 Å². The second-order valence-corrected chi connectivity index (χ2v) is 9.78. The van der Waals surface area contributed by atoms with Crippen molar-refractivity contribution in [3.63, 3.8) is 0 Å². The molecule has 1 atom stereocenters. The Hall–Kier alpha value is -4.09. The topological polar surface area (TPSA) is 98.4 Å². The van der Waals surface area contributed by atoms with Crippen LogP contribution in [0, 0.1) is 10.5 Å². The van der Waals surface area contributed by atoms with Gasteiger partial charge < -0.3 is 16.0 Å². The van der Waals surface area contributed by atoms with Crippen LogP contribution in [0.15, 0.2) is 76.8 Å². The lowest BCUT2D eigenvalue weighted by Crippen LogP contribution is -2.37. The maximum Gasteiger partial charge on any atom is 0.330 e. The molecule has 0 radical (unpaired) electrons. The number of aliphatic imine (C=N–C) groups is 1. The highest BCUT2D eigenvalue weighted by Crippen LogP contribution is 2.25. The summed E-state index contributed by atoms with van der Waals surface area (Å²) in [7, 11) is 3.66. The molecule has 4 aromatic rings. The average molecular weight is 533 g/mol. The number of likely N-dealkylation sites (N-methyl/N-ethyl adjacent to an activating group) is 1. The number of nitrogens with one attached hydrogen (secondary N) is 1. The van der Waals surface area contributed by atoms with Gasteiger partial charge in [0.25, 0.3) is 0 Å². The highest BCUT2D eigenvalue weighted by Gasteiger charge is 2.27. The van der Waals surface area contributed by atoms with Crippen LogP contribution in [0.5, 0.6) is 0 Å². The molecule has 5 rings (SSSR count). The number of nitrogen functional groups attached to an aromatic ring is 1. The van der Waals surface area contributed by atoms with E-state index in [1.54, 1.807) is 34.6 Å². The third-order valence-corrected chi connectivity index (χ3v) is 7.21. The summed E-state index contributed by atoms with van der Waals surface area (Å²) in [5.74, 6) is 0.326. The van der Waals surface area contributed by atoms with Gasteiger partial charge in [-0.1, -0.05) is 24.4 Å². The first-order valence-electron chi connectivity index (χ1n) is 12.3. The molecule has 1 saturated heterocycles. The number of nitrogens with two attached hydrogens (primary N) is 1. The Labute approximate surface area is 224 Å². The summed E-state index contributed by atoms with van der Waals surface area (Å²) >= 11 is 5.70. The molecule has 1 aliphatic heterocycles. The summed E-state index contributed by atoms with van der Waals surface area (Å²) < 4.78 is 18.7. The Morgan fingerprint density at radius 1 is 1.18 bits per heavy atom. The Morgan fingerprint density at radius 3 is 2.55 bits per heavy atom. The van der Waals surface area contributed by atoms with Gasteiger partial charge >= 0.3 is 5.69 Å². The van der Waals surface area contributed by atoms with Crippen molar-refractivity contribution in [3.8, 4) is 5.69 Å². The Balaban J connectivity index is 1.57. The van der Waals surface area contributed by atoms with Gasteiger partial charge in [0.1, 0.15) is 22.1 Å². The fourth-order valence-corrected chi connectivity index (χ4v) is 4.92. The van der Waals surface area contributed by atoms with Crippen LogP contribution in [-0.4, -0.2) is 49.8 Å². The molecule has 0 saturated carbocycles. The molecule has 0 amide bonds. The summed E-state index contributed by atoms with van der Waals surface area (Å²) in [6.45, 7) is 1.90. The van der Waals surface area contributed by atoms with E-state index in [1.807, 2.05) is 43.6 Å². The molecule has 11 heteroatoms. The van der Waals surface area contributed by atoms with E-state index in [4.69, 9.17) is 22.9 Å². The third kappa shape index (κ3) is 5.15. The predicted molar refractivity (Wildman–Crippen MR) is 150 cm³/mol. The first kappa shape index (κ1) is 25.6. The largest absolute Gasteiger partial charge is 0.384 e. The van der Waals surface area contributed by atoms with Gasteiger partial charge in [0.05, 0.1) is 23.8 Å². The molecule has 0 aliphatic carbocycles. The van der Waals surface area contributed by atoms with Crippen molar-refractivity contribution in [2.75, 3.05) is 31.2 Å². The number of anilines is 2. The van der Waals surface area contributed by atoms with E-state index in [-0.39, 0.29) is 28.0 Å². The van der Waals surface area contributed by atoms with Crippen molar-refractivity contribution < 1.29 is 4.39 Å². The first-order chi connectivity index (χ1) is 18.3. The average Bonchev–Trinajstić information content (AvgIpc) is 3.60. The summed E-state index contributed by atoms with van der Waals surface area (Å²) in [5.41, 5.74) is 9.40. The van der Waals surface area contributed by atoms with Crippen LogP contribution in [0.4, 0.5) is 15.9 Å². The Kier molecular flexibility index (Phi) is 7.21. The van der Waals surface area contributed by atoms with Crippen molar-refractivity contribution >= 4 is 29.6 Å². The fraction of sp³-hybridized carbons (Fsp3) is 0.259. The van der Waals surface area contributed by atoms with Crippen LogP contribution in [0.3, 0.4) is 0 Å². The Bertz CT molecular complexity index is 1570. The number of hydrogen-bond donors (Lipinski definition) is 2. The van der Waals surface area contributed by atoms with Crippen molar-refractivity contribution in [2.24, 2.45) is 12.0 Å². The molecule has 0 spiro atoms. The molecule has 3 N–H and O–H groups in total. The number of hydrogen-bond acceptors (Lipinski definition) is 6. The van der Waals surface area contributed by atoms with Crippen LogP contribution >= 0.6 is 12.2 Å². The maximum absolute atomic E-state index is 13.6. The van der Waals surface area contributed by atoms with Crippen LogP contribution in [0.2, 0.25) is 0 Å². The van der Waals surface area contributed by atoms with Crippen LogP contribution in [-0.2, 0) is 13.6 Å². The lowest BCUT2D eigenvalue weighted by atomic mass is 10.2. The first-order valence-corrected chi connectivity index (χ1v) is 12.7. The normalized spacial score (nSPS) is 16.2. The molecule has 196 valence electrons. The summed E-state index contributed by atoms with van der Waals surface area (Å²) in [5, 5.41) is 7.52. The number of nitrogens with zero attached hydrogens (tertiary/aromatic N) is 6. The van der Waals surface area contributed by atoms with Gasteiger partial charge in [-0.05, 0) is 68.0 Å². The van der Waals surface area contributed by atoms with Gasteiger partial charge in [-0.2, -0.15) is 5.10 Å². The lowest BCUT2D eigenvalue weighted by Gasteiger charge is -2.22. The molecule has 38 heavy (non-hydrogen) atoms. The minimum Gasteiger partial charge on any atom is -0.384 e. The van der Waals surface area contributed by atoms with E-state index in [1.165, 1.54) is 16.7 Å². The molecular weight excluding hydrogens is 503 g/mol. The predicted octanol–water partition coefficient (Wildman–Crippen LogP) is 3.76. The molecule has 9 nitrogen and oxygen atoms in total. The minimum absolute atomic E-state index is 0.0741. The SMILES string of the molecule is CN1CCC(n2c(N)c(C(=NCc3ccc(-n4cccn4)cc3)Nc3ccc(F)cc3)c(=S)n(C)c2=O)C1. The lowest BCUT2D eigenvalue weighted by molar-refractivity contribution is 0.387. The van der Waals surface area contributed by atoms with E-state index in [0.29, 0.717) is 30.2 Å². The van der Waals surface area contributed by atoms with E-state index in [2.05, 4.69) is 15.3 Å². The number of rotatable bonds is 6. The molecule has 1 unspecified atom stereocenters. The number of likely N-dealkylation sites (tertiary alicyclic amines) is 1. The molecule has 2 aromatic heterocycles. The van der Waals surface area contributed by atoms with Crippen molar-refractivity contribution in [1.29, 1.82) is 0 Å². The van der Waals surface area contributed by atoms with Crippen LogP contribution in [0.1, 0.15) is 23.6 Å². The van der Waals surface area contributed by atoms with Gasteiger partial charge in [0.2, 0.25) is 0 Å². The zero-order valence-corrected chi connectivity index (χ0v) is 22.0. The summed E-state index contributed by atoms with van der Waals surface area (Å²) in [6.07, 6.45) is 4.41. The molecule has 0 bridgehead atoms. The fourth-order valence-electron chi connectivity index (χ4n) is 4.64. The van der Waals surface area contributed by atoms with E-state index >= 15 is 0 Å². The number of aromatic nitrogens is 4. The van der Waals surface area contributed by atoms with E-state index in [0.717, 1.165) is 24.2 Å². The van der Waals surface area contributed by atoms with Crippen molar-refractivity contribution in [3.05, 3.63) is 99.1 Å². The van der Waals surface area contributed by atoms with E-state index in [9.17, 15) is 9.18 Å². The highest BCUT2D eigenvalue weighted by atomic mass is 32.1. The van der Waals surface area contributed by atoms with E-state index < -0.39 is 0 Å². The molecule has 2 aromatic carbocycles. The van der Waals surface area contributed by atoms with Crippen LogP contribution in [0.25, 0.3) is 5.69 Å². The maximum atomic E-state index is 13.6. The summed E-state index contributed by atoms with van der Waals surface area (Å²) in [6, 6.07) is 15.6. The van der Waals surface area contributed by atoms with Crippen LogP contribution < -0.4 is 16.7 Å². The number of amidine groups is 1. The molecular formula is C27H29FN8OS. The zero-order chi connectivity index (χ0) is 26.8. The quantitative estimate of drug-likeness (QED) is 0.223. The minimum atomic E-state index is -0.347. The second-order valence-electron chi connectivity index (χ2n) is 9.40. The zero-order valence-electron chi connectivity index (χ0n) is 21.2. The summed E-state index contributed by atoms with van der Waals surface area (Å²) in [4.78, 5) is 20.3. The smallest absolute Gasteiger partial charge is 0.330 e. The molecule has 1 fully saturated rings. The molecule has 3 heterocycles. The van der Waals surface area contributed by atoms with Gasteiger partial charge in [0, 0.05) is 31.7 Å². The number of halogens is 1. The molecule has 1 aliphatic rings. The standard InChI is InChI=1S/C27H29FN8OS/c1-33-15-12-22(17-33)36-24(29)23(26(38)34(2)27(36)37)25(32-20-8-6-19(28)7-9-20)30-16-18-4-10-21(11-5-18)35-14-3-13-31-35/h3-11,13-14,22H,12,15-17,29H2,1-2H3,(H,30,32). The van der Waals surface area contributed by atoms with Crippen molar-refractivity contribution in [1.82, 2.24) is 23.8 Å². The van der Waals surface area contributed by atoms with Gasteiger partial charge in [-0.3, -0.25) is 14.1 Å². The van der Waals surface area contributed by atoms with Gasteiger partial charge in [0.15, 0.2) is 0 Å². The highest BCUT2D eigenvalue weighted by molar-refractivity contribution is 7.71.